The average Bonchev–Trinajstić information content (AvgIpc) is 1.83. The normalized spacial score (nSPS) is 15.8. The second-order valence-corrected chi connectivity index (χ2v) is 3.62. The lowest BCUT2D eigenvalue weighted by Crippen LogP contribution is -2.32. The van der Waals surface area contributed by atoms with E-state index in [-0.39, 0.29) is 0 Å². The Morgan fingerprint density at radius 3 is 2.42 bits per heavy atom. The van der Waals surface area contributed by atoms with E-state index in [1.165, 1.54) is 6.92 Å². The smallest absolute Gasteiger partial charge is 0.138 e. The van der Waals surface area contributed by atoms with Crippen molar-refractivity contribution in [3.05, 3.63) is 33.8 Å². The largest absolute Gasteiger partial charge is 0.372 e. The van der Waals surface area contributed by atoms with Crippen LogP contribution in [0.1, 0.15) is 12.5 Å². The third-order valence-corrected chi connectivity index (χ3v) is 2.02. The van der Waals surface area contributed by atoms with E-state index in [1.54, 1.807) is 18.2 Å². The van der Waals surface area contributed by atoms with Crippen molar-refractivity contribution in [2.24, 2.45) is 5.73 Å². The van der Waals surface area contributed by atoms with Gasteiger partial charge in [0.1, 0.15) is 5.72 Å². The van der Waals surface area contributed by atoms with Crippen molar-refractivity contribution in [2.75, 3.05) is 0 Å². The summed E-state index contributed by atoms with van der Waals surface area (Å²) in [5, 5.41) is 10.3. The van der Waals surface area contributed by atoms with E-state index in [9.17, 15) is 5.11 Å². The zero-order chi connectivity index (χ0) is 9.35. The molecule has 4 heteroatoms. The lowest BCUT2D eigenvalue weighted by Gasteiger charge is -2.18. The van der Waals surface area contributed by atoms with Crippen molar-refractivity contribution in [2.45, 2.75) is 12.6 Å². The average molecular weight is 206 g/mol. The molecule has 1 atom stereocenters. The molecule has 2 nitrogen and oxygen atoms in total. The highest BCUT2D eigenvalue weighted by Crippen LogP contribution is 2.26. The molecule has 0 fully saturated rings. The summed E-state index contributed by atoms with van der Waals surface area (Å²) in [7, 11) is 0. The second kappa shape index (κ2) is 3.23. The van der Waals surface area contributed by atoms with Crippen LogP contribution in [-0.2, 0) is 5.72 Å². The van der Waals surface area contributed by atoms with Gasteiger partial charge in [0, 0.05) is 15.6 Å². The molecule has 1 aromatic carbocycles. The summed E-state index contributed by atoms with van der Waals surface area (Å²) in [5.41, 5.74) is 4.49. The molecule has 0 radical (unpaired) electrons. The molecule has 0 saturated carbocycles. The Bertz CT molecular complexity index is 294. The molecule has 0 bridgehead atoms. The van der Waals surface area contributed by atoms with Gasteiger partial charge in [0.05, 0.1) is 0 Å². The summed E-state index contributed by atoms with van der Waals surface area (Å²) >= 11 is 11.4. The molecule has 0 aromatic heterocycles. The third kappa shape index (κ3) is 2.11. The van der Waals surface area contributed by atoms with Crippen LogP contribution in [0.2, 0.25) is 10.0 Å². The Morgan fingerprint density at radius 2 is 2.00 bits per heavy atom. The molecule has 0 amide bonds. The molecular formula is C8H9Cl2NO. The Balaban J connectivity index is 3.19. The lowest BCUT2D eigenvalue weighted by atomic mass is 10.1. The van der Waals surface area contributed by atoms with Crippen molar-refractivity contribution in [3.63, 3.8) is 0 Å². The van der Waals surface area contributed by atoms with E-state index in [1.807, 2.05) is 0 Å². The maximum absolute atomic E-state index is 9.41. The maximum Gasteiger partial charge on any atom is 0.138 e. The lowest BCUT2D eigenvalue weighted by molar-refractivity contribution is 0.0648. The molecule has 0 spiro atoms. The van der Waals surface area contributed by atoms with Gasteiger partial charge in [-0.05, 0) is 19.1 Å². The van der Waals surface area contributed by atoms with Crippen LogP contribution in [0, 0.1) is 0 Å². The number of hydrogen-bond acceptors (Lipinski definition) is 2. The molecule has 3 N–H and O–H groups in total. The van der Waals surface area contributed by atoms with Crippen molar-refractivity contribution < 1.29 is 5.11 Å². The molecule has 1 aromatic rings. The van der Waals surface area contributed by atoms with E-state index >= 15 is 0 Å². The highest BCUT2D eigenvalue weighted by atomic mass is 35.5. The zero-order valence-electron chi connectivity index (χ0n) is 6.51. The van der Waals surface area contributed by atoms with E-state index in [0.29, 0.717) is 15.6 Å². The van der Waals surface area contributed by atoms with Gasteiger partial charge in [0.25, 0.3) is 0 Å². The van der Waals surface area contributed by atoms with Crippen molar-refractivity contribution in [1.82, 2.24) is 0 Å². The number of nitrogens with two attached hydrogens (primary N) is 1. The van der Waals surface area contributed by atoms with Crippen LogP contribution in [0.3, 0.4) is 0 Å². The van der Waals surface area contributed by atoms with Crippen molar-refractivity contribution in [3.8, 4) is 0 Å². The van der Waals surface area contributed by atoms with Gasteiger partial charge in [0.2, 0.25) is 0 Å². The predicted molar refractivity (Wildman–Crippen MR) is 50.2 cm³/mol. The molecule has 12 heavy (non-hydrogen) atoms. The van der Waals surface area contributed by atoms with Crippen LogP contribution >= 0.6 is 23.2 Å². The van der Waals surface area contributed by atoms with Crippen LogP contribution in [0.4, 0.5) is 0 Å². The first-order chi connectivity index (χ1) is 5.41. The Labute approximate surface area is 80.9 Å². The SMILES string of the molecule is CC(N)(O)c1ccc(Cl)cc1Cl. The van der Waals surface area contributed by atoms with Crippen LogP contribution in [0.15, 0.2) is 18.2 Å². The van der Waals surface area contributed by atoms with E-state index in [2.05, 4.69) is 0 Å². The third-order valence-electron chi connectivity index (χ3n) is 1.48. The fraction of sp³-hybridized carbons (Fsp3) is 0.250. The van der Waals surface area contributed by atoms with Crippen molar-refractivity contribution >= 4 is 23.2 Å². The highest BCUT2D eigenvalue weighted by Gasteiger charge is 2.19. The molecule has 66 valence electrons. The van der Waals surface area contributed by atoms with Crippen LogP contribution in [0.5, 0.6) is 0 Å². The van der Waals surface area contributed by atoms with Crippen LogP contribution in [-0.4, -0.2) is 5.11 Å². The van der Waals surface area contributed by atoms with E-state index in [4.69, 9.17) is 28.9 Å². The fourth-order valence-electron chi connectivity index (χ4n) is 0.900. The molecule has 0 aliphatic heterocycles. The summed E-state index contributed by atoms with van der Waals surface area (Å²) in [4.78, 5) is 0. The van der Waals surface area contributed by atoms with Crippen LogP contribution < -0.4 is 5.73 Å². The number of rotatable bonds is 1. The van der Waals surface area contributed by atoms with E-state index in [0.717, 1.165) is 0 Å². The predicted octanol–water partition coefficient (Wildman–Crippen LogP) is 2.12. The Morgan fingerprint density at radius 1 is 1.42 bits per heavy atom. The number of benzene rings is 1. The summed E-state index contributed by atoms with van der Waals surface area (Å²) < 4.78 is 0. The van der Waals surface area contributed by atoms with E-state index < -0.39 is 5.72 Å². The van der Waals surface area contributed by atoms with Gasteiger partial charge >= 0.3 is 0 Å². The fourth-order valence-corrected chi connectivity index (χ4v) is 1.50. The van der Waals surface area contributed by atoms with Gasteiger partial charge in [0.15, 0.2) is 0 Å². The standard InChI is InChI=1S/C8H9Cl2NO/c1-8(11,12)6-3-2-5(9)4-7(6)10/h2-4,12H,11H2,1H3. The summed E-state index contributed by atoms with van der Waals surface area (Å²) in [6.07, 6.45) is 0. The van der Waals surface area contributed by atoms with Gasteiger partial charge in [-0.2, -0.15) is 0 Å². The minimum absolute atomic E-state index is 0.370. The summed E-state index contributed by atoms with van der Waals surface area (Å²) in [6, 6.07) is 4.77. The summed E-state index contributed by atoms with van der Waals surface area (Å²) in [5.74, 6) is 0. The quantitative estimate of drug-likeness (QED) is 0.691. The van der Waals surface area contributed by atoms with Gasteiger partial charge < -0.3 is 5.11 Å². The zero-order valence-corrected chi connectivity index (χ0v) is 8.02. The first kappa shape index (κ1) is 9.81. The molecule has 0 heterocycles. The Kier molecular flexibility index (Phi) is 2.64. The molecule has 0 aliphatic carbocycles. The first-order valence-corrected chi connectivity index (χ1v) is 4.13. The molecular weight excluding hydrogens is 197 g/mol. The monoisotopic (exact) mass is 205 g/mol. The highest BCUT2D eigenvalue weighted by molar-refractivity contribution is 6.35. The molecule has 1 unspecified atom stereocenters. The minimum atomic E-state index is -1.42. The van der Waals surface area contributed by atoms with Crippen molar-refractivity contribution in [1.29, 1.82) is 0 Å². The number of aliphatic hydroxyl groups is 1. The van der Waals surface area contributed by atoms with Gasteiger partial charge in [-0.25, -0.2) is 0 Å². The van der Waals surface area contributed by atoms with Gasteiger partial charge in [-0.1, -0.05) is 29.3 Å². The number of hydrogen-bond donors (Lipinski definition) is 2. The second-order valence-electron chi connectivity index (χ2n) is 2.77. The maximum atomic E-state index is 9.41. The van der Waals surface area contributed by atoms with Crippen LogP contribution in [0.25, 0.3) is 0 Å². The van der Waals surface area contributed by atoms with Gasteiger partial charge in [-0.3, -0.25) is 5.73 Å². The minimum Gasteiger partial charge on any atom is -0.372 e. The van der Waals surface area contributed by atoms with Gasteiger partial charge in [-0.15, -0.1) is 0 Å². The Hall–Kier alpha value is -0.280. The summed E-state index contributed by atoms with van der Waals surface area (Å²) in [6.45, 7) is 1.46. The molecule has 0 saturated heterocycles. The number of halogens is 2. The first-order valence-electron chi connectivity index (χ1n) is 3.38. The topological polar surface area (TPSA) is 46.2 Å². The molecule has 1 rings (SSSR count). The molecule has 0 aliphatic rings.